The van der Waals surface area contributed by atoms with Crippen LogP contribution in [0.2, 0.25) is 0 Å². The van der Waals surface area contributed by atoms with Crippen molar-refractivity contribution in [3.8, 4) is 11.1 Å². The quantitative estimate of drug-likeness (QED) is 0.138. The topological polar surface area (TPSA) is 174 Å². The second-order valence-corrected chi connectivity index (χ2v) is 13.7. The standard InChI is InChI=1S/C39H50N6O4/c1-38(2,42)22-10-17-34(46)43-32(24-28-18-20-30(21-19-28)29-14-8-5-9-15-29)36(48)45(3)33(25-27-12-6-4-7-13-27)35(47)44-39(37(41)49)26-31(39)16-11-23-40/h4-10,12-15,17-21,31-33H,11,16,22-26,40,42H2,1-3H3,(H2,41,49)(H,43,46)(H,44,47)/b17-10+/t31?,32-,33-,39-/m1/s1. The molecule has 1 fully saturated rings. The Morgan fingerprint density at radius 3 is 2.10 bits per heavy atom. The van der Waals surface area contributed by atoms with Gasteiger partial charge in [-0.3, -0.25) is 19.2 Å². The van der Waals surface area contributed by atoms with Crippen molar-refractivity contribution in [2.24, 2.45) is 23.1 Å². The first-order chi connectivity index (χ1) is 23.3. The molecule has 1 saturated carbocycles. The lowest BCUT2D eigenvalue weighted by atomic mass is 9.98. The summed E-state index contributed by atoms with van der Waals surface area (Å²) in [5.74, 6) is -2.11. The Kier molecular flexibility index (Phi) is 12.5. The molecule has 0 saturated heterocycles. The number of carbonyl (C=O) groups excluding carboxylic acids is 4. The molecule has 4 atom stereocenters. The van der Waals surface area contributed by atoms with Crippen LogP contribution in [-0.2, 0) is 32.0 Å². The molecule has 1 aliphatic carbocycles. The molecule has 0 heterocycles. The van der Waals surface area contributed by atoms with Gasteiger partial charge in [0.05, 0.1) is 0 Å². The number of primary amides is 1. The van der Waals surface area contributed by atoms with Crippen LogP contribution in [0, 0.1) is 5.92 Å². The van der Waals surface area contributed by atoms with Crippen LogP contribution in [-0.4, -0.2) is 65.3 Å². The summed E-state index contributed by atoms with van der Waals surface area (Å²) in [7, 11) is 1.55. The van der Waals surface area contributed by atoms with E-state index in [9.17, 15) is 19.2 Å². The maximum absolute atomic E-state index is 14.3. The lowest BCUT2D eigenvalue weighted by Crippen LogP contribution is -2.59. The van der Waals surface area contributed by atoms with E-state index < -0.39 is 46.8 Å². The summed E-state index contributed by atoms with van der Waals surface area (Å²) < 4.78 is 0. The van der Waals surface area contributed by atoms with Gasteiger partial charge in [0.25, 0.3) is 0 Å². The number of nitrogens with two attached hydrogens (primary N) is 3. The molecule has 8 N–H and O–H groups in total. The van der Waals surface area contributed by atoms with E-state index in [4.69, 9.17) is 17.2 Å². The first kappa shape index (κ1) is 37.0. The highest BCUT2D eigenvalue weighted by molar-refractivity contribution is 5.98. The summed E-state index contributed by atoms with van der Waals surface area (Å²) in [5.41, 5.74) is 19.6. The Morgan fingerprint density at radius 1 is 0.918 bits per heavy atom. The largest absolute Gasteiger partial charge is 0.368 e. The van der Waals surface area contributed by atoms with E-state index in [1.807, 2.05) is 98.8 Å². The zero-order valence-electron chi connectivity index (χ0n) is 28.7. The van der Waals surface area contributed by atoms with E-state index in [2.05, 4.69) is 10.6 Å². The zero-order chi connectivity index (χ0) is 35.6. The van der Waals surface area contributed by atoms with Gasteiger partial charge >= 0.3 is 0 Å². The summed E-state index contributed by atoms with van der Waals surface area (Å²) in [6, 6.07) is 25.1. The van der Waals surface area contributed by atoms with Gasteiger partial charge in [0, 0.05) is 25.4 Å². The first-order valence-corrected chi connectivity index (χ1v) is 16.9. The molecule has 4 rings (SSSR count). The first-order valence-electron chi connectivity index (χ1n) is 16.9. The van der Waals surface area contributed by atoms with Crippen molar-refractivity contribution in [2.45, 2.75) is 75.5 Å². The number of hydrogen-bond donors (Lipinski definition) is 5. The fourth-order valence-corrected chi connectivity index (χ4v) is 6.09. The highest BCUT2D eigenvalue weighted by Gasteiger charge is 2.60. The third-order valence-corrected chi connectivity index (χ3v) is 9.07. The van der Waals surface area contributed by atoms with Crippen molar-refractivity contribution in [1.82, 2.24) is 15.5 Å². The third kappa shape index (κ3) is 10.3. The second kappa shape index (κ2) is 16.5. The molecule has 4 amide bonds. The van der Waals surface area contributed by atoms with E-state index in [0.717, 1.165) is 22.3 Å². The van der Waals surface area contributed by atoms with Crippen LogP contribution in [0.4, 0.5) is 0 Å². The molecule has 260 valence electrons. The average Bonchev–Trinajstić information content (AvgIpc) is 3.79. The molecule has 10 nitrogen and oxygen atoms in total. The molecule has 3 aromatic carbocycles. The summed E-state index contributed by atoms with van der Waals surface area (Å²) in [6.07, 6.45) is 5.69. The fourth-order valence-electron chi connectivity index (χ4n) is 6.09. The zero-order valence-corrected chi connectivity index (χ0v) is 28.7. The maximum Gasteiger partial charge on any atom is 0.245 e. The Balaban J connectivity index is 1.61. The smallest absolute Gasteiger partial charge is 0.245 e. The van der Waals surface area contributed by atoms with Crippen LogP contribution in [0.25, 0.3) is 11.1 Å². The lowest BCUT2D eigenvalue weighted by Gasteiger charge is -2.32. The second-order valence-electron chi connectivity index (χ2n) is 13.7. The molecular weight excluding hydrogens is 616 g/mol. The summed E-state index contributed by atoms with van der Waals surface area (Å²) >= 11 is 0. The minimum Gasteiger partial charge on any atom is -0.368 e. The SMILES string of the molecule is CN(C(=O)[C@@H](Cc1ccc(-c2ccccc2)cc1)NC(=O)/C=C/CC(C)(C)N)[C@H](Cc1ccccc1)C(=O)N[C@]1(C(N)=O)CC1CCCN. The van der Waals surface area contributed by atoms with Gasteiger partial charge in [-0.25, -0.2) is 0 Å². The van der Waals surface area contributed by atoms with Crippen molar-refractivity contribution >= 4 is 23.6 Å². The van der Waals surface area contributed by atoms with Gasteiger partial charge in [-0.2, -0.15) is 0 Å². The van der Waals surface area contributed by atoms with Crippen LogP contribution in [0.3, 0.4) is 0 Å². The molecule has 10 heteroatoms. The van der Waals surface area contributed by atoms with Crippen molar-refractivity contribution in [3.05, 3.63) is 108 Å². The molecule has 0 radical (unpaired) electrons. The summed E-state index contributed by atoms with van der Waals surface area (Å²) in [5, 5.41) is 5.79. The average molecular weight is 667 g/mol. The summed E-state index contributed by atoms with van der Waals surface area (Å²) in [4.78, 5) is 55.5. The van der Waals surface area contributed by atoms with Gasteiger partial charge in [-0.1, -0.05) is 91.0 Å². The van der Waals surface area contributed by atoms with Gasteiger partial charge in [-0.15, -0.1) is 0 Å². The molecule has 0 aliphatic heterocycles. The van der Waals surface area contributed by atoms with Crippen LogP contribution < -0.4 is 27.8 Å². The predicted molar refractivity (Wildman–Crippen MR) is 193 cm³/mol. The third-order valence-electron chi connectivity index (χ3n) is 9.07. The van der Waals surface area contributed by atoms with Crippen molar-refractivity contribution in [2.75, 3.05) is 13.6 Å². The van der Waals surface area contributed by atoms with Gasteiger partial charge in [0.2, 0.25) is 23.6 Å². The Bertz CT molecular complexity index is 1600. The molecule has 1 unspecified atom stereocenters. The number of benzene rings is 3. The molecule has 3 aromatic rings. The minimum atomic E-state index is -1.18. The van der Waals surface area contributed by atoms with Crippen LogP contribution in [0.1, 0.15) is 50.7 Å². The highest BCUT2D eigenvalue weighted by atomic mass is 16.2. The van der Waals surface area contributed by atoms with Gasteiger partial charge < -0.3 is 32.7 Å². The van der Waals surface area contributed by atoms with Gasteiger partial charge in [-0.05, 0) is 80.3 Å². The van der Waals surface area contributed by atoms with E-state index in [1.165, 1.54) is 11.0 Å². The Morgan fingerprint density at radius 2 is 1.51 bits per heavy atom. The van der Waals surface area contributed by atoms with Crippen LogP contribution in [0.15, 0.2) is 97.1 Å². The summed E-state index contributed by atoms with van der Waals surface area (Å²) in [6.45, 7) is 4.18. The highest BCUT2D eigenvalue weighted by Crippen LogP contribution is 2.46. The normalized spacial score (nSPS) is 18.3. The Hall–Kier alpha value is -4.80. The molecule has 0 bridgehead atoms. The van der Waals surface area contributed by atoms with Crippen molar-refractivity contribution < 1.29 is 19.2 Å². The van der Waals surface area contributed by atoms with Crippen molar-refractivity contribution in [3.63, 3.8) is 0 Å². The van der Waals surface area contributed by atoms with E-state index in [-0.39, 0.29) is 18.8 Å². The fraction of sp³-hybridized carbons (Fsp3) is 0.385. The molecular formula is C39H50N6O4. The number of carbonyl (C=O) groups is 4. The predicted octanol–water partition coefficient (Wildman–Crippen LogP) is 3.23. The monoisotopic (exact) mass is 666 g/mol. The van der Waals surface area contributed by atoms with Crippen LogP contribution in [0.5, 0.6) is 0 Å². The molecule has 0 spiro atoms. The molecule has 1 aliphatic rings. The van der Waals surface area contributed by atoms with Crippen LogP contribution >= 0.6 is 0 Å². The molecule has 49 heavy (non-hydrogen) atoms. The lowest BCUT2D eigenvalue weighted by molar-refractivity contribution is -0.142. The number of amides is 4. The Labute approximate surface area is 289 Å². The van der Waals surface area contributed by atoms with E-state index in [0.29, 0.717) is 32.2 Å². The van der Waals surface area contributed by atoms with Gasteiger partial charge in [0.1, 0.15) is 17.6 Å². The number of nitrogens with zero attached hydrogens (tertiary/aromatic N) is 1. The minimum absolute atomic E-state index is 0.118. The maximum atomic E-state index is 14.3. The number of likely N-dealkylation sites (N-methyl/N-ethyl adjacent to an activating group) is 1. The number of hydrogen-bond acceptors (Lipinski definition) is 6. The van der Waals surface area contributed by atoms with E-state index in [1.54, 1.807) is 13.1 Å². The van der Waals surface area contributed by atoms with E-state index >= 15 is 0 Å². The van der Waals surface area contributed by atoms with Crippen molar-refractivity contribution in [1.29, 1.82) is 0 Å². The number of nitrogens with one attached hydrogen (secondary N) is 2. The molecule has 0 aromatic heterocycles. The van der Waals surface area contributed by atoms with Gasteiger partial charge in [0.15, 0.2) is 0 Å². The number of rotatable bonds is 17.